The summed E-state index contributed by atoms with van der Waals surface area (Å²) >= 11 is 0. The molecular weight excluding hydrogens is 234 g/mol. The van der Waals surface area contributed by atoms with Crippen LogP contribution in [0.5, 0.6) is 0 Å². The van der Waals surface area contributed by atoms with E-state index in [1.165, 1.54) is 0 Å². The molecule has 2 unspecified atom stereocenters. The first-order valence-corrected chi connectivity index (χ1v) is 7.50. The lowest BCUT2D eigenvalue weighted by Crippen LogP contribution is -2.15. The fourth-order valence-corrected chi connectivity index (χ4v) is 1.87. The molecule has 0 fully saturated rings. The van der Waals surface area contributed by atoms with E-state index in [1.807, 2.05) is 13.0 Å². The Balaban J connectivity index is 2.41. The summed E-state index contributed by atoms with van der Waals surface area (Å²) in [6.07, 6.45) is 6.25. The summed E-state index contributed by atoms with van der Waals surface area (Å²) in [5, 5.41) is 6.74. The van der Waals surface area contributed by atoms with E-state index < -0.39 is 10.8 Å². The Morgan fingerprint density at radius 1 is 1.35 bits per heavy atom. The van der Waals surface area contributed by atoms with Gasteiger partial charge in [0.25, 0.3) is 0 Å². The summed E-state index contributed by atoms with van der Waals surface area (Å²) in [6.45, 7) is 5.76. The van der Waals surface area contributed by atoms with Gasteiger partial charge in [-0.25, -0.2) is 0 Å². The fourth-order valence-electron chi connectivity index (χ4n) is 1.42. The third-order valence-electron chi connectivity index (χ3n) is 2.57. The van der Waals surface area contributed by atoms with E-state index in [4.69, 9.17) is 0 Å². The van der Waals surface area contributed by atoms with Crippen LogP contribution in [0.1, 0.15) is 20.3 Å². The minimum atomic E-state index is -0.744. The molecule has 0 aliphatic carbocycles. The highest BCUT2D eigenvalue weighted by Crippen LogP contribution is 2.12. The van der Waals surface area contributed by atoms with Crippen LogP contribution in [0, 0.1) is 0 Å². The number of pyridine rings is 1. The Bertz CT molecular complexity index is 371. The van der Waals surface area contributed by atoms with Gasteiger partial charge in [-0.1, -0.05) is 6.92 Å². The third kappa shape index (κ3) is 5.17. The molecule has 2 N–H and O–H groups in total. The van der Waals surface area contributed by atoms with E-state index in [0.717, 1.165) is 30.9 Å². The molecule has 0 radical (unpaired) electrons. The summed E-state index contributed by atoms with van der Waals surface area (Å²) in [4.78, 5) is 4.15. The molecular formula is C12H21N3OS. The smallest absolute Gasteiger partial charge is 0.0547 e. The van der Waals surface area contributed by atoms with Gasteiger partial charge in [-0.3, -0.25) is 9.19 Å². The van der Waals surface area contributed by atoms with E-state index in [2.05, 4.69) is 22.5 Å². The van der Waals surface area contributed by atoms with E-state index in [0.29, 0.717) is 0 Å². The molecule has 1 aromatic heterocycles. The van der Waals surface area contributed by atoms with Gasteiger partial charge < -0.3 is 10.6 Å². The largest absolute Gasteiger partial charge is 0.384 e. The highest BCUT2D eigenvalue weighted by Gasteiger charge is 2.05. The van der Waals surface area contributed by atoms with Gasteiger partial charge >= 0.3 is 0 Å². The van der Waals surface area contributed by atoms with Crippen molar-refractivity contribution in [1.29, 1.82) is 0 Å². The van der Waals surface area contributed by atoms with E-state index in [-0.39, 0.29) is 5.25 Å². The summed E-state index contributed by atoms with van der Waals surface area (Å²) in [5.41, 5.74) is 2.02. The fraction of sp³-hybridized carbons (Fsp3) is 0.583. The first-order valence-electron chi connectivity index (χ1n) is 5.88. The number of hydrogen-bond donors (Lipinski definition) is 2. The molecule has 0 bridgehead atoms. The Morgan fingerprint density at radius 2 is 2.00 bits per heavy atom. The highest BCUT2D eigenvalue weighted by atomic mass is 32.2. The third-order valence-corrected chi connectivity index (χ3v) is 3.93. The van der Waals surface area contributed by atoms with Crippen molar-refractivity contribution in [3.63, 3.8) is 0 Å². The van der Waals surface area contributed by atoms with E-state index in [1.54, 1.807) is 18.6 Å². The lowest BCUT2D eigenvalue weighted by Gasteiger charge is -2.11. The summed E-state index contributed by atoms with van der Waals surface area (Å²) in [7, 11) is -0.744. The first kappa shape index (κ1) is 14.0. The maximum absolute atomic E-state index is 11.2. The van der Waals surface area contributed by atoms with Crippen molar-refractivity contribution in [1.82, 2.24) is 4.98 Å². The average Bonchev–Trinajstić information content (AvgIpc) is 2.29. The van der Waals surface area contributed by atoms with Crippen LogP contribution in [0.2, 0.25) is 0 Å². The van der Waals surface area contributed by atoms with Crippen molar-refractivity contribution < 1.29 is 4.21 Å². The lowest BCUT2D eigenvalue weighted by molar-refractivity contribution is 0.672. The molecule has 5 heteroatoms. The van der Waals surface area contributed by atoms with Gasteiger partial charge in [-0.2, -0.15) is 0 Å². The molecule has 0 saturated carbocycles. The van der Waals surface area contributed by atoms with Gasteiger partial charge in [0.1, 0.15) is 0 Å². The maximum atomic E-state index is 11.2. The van der Waals surface area contributed by atoms with Crippen LogP contribution in [0.4, 0.5) is 11.4 Å². The molecule has 0 amide bonds. The summed E-state index contributed by atoms with van der Waals surface area (Å²) < 4.78 is 11.2. The molecule has 17 heavy (non-hydrogen) atoms. The second-order valence-corrected chi connectivity index (χ2v) is 5.82. The standard InChI is InChI=1S/C12H21N3OS/c1-4-14-11-7-12(9-13-8-11)15-6-5-10(2)17(3)16/h7-10,14-15H,4-6H2,1-3H3. The quantitative estimate of drug-likeness (QED) is 0.783. The molecule has 96 valence electrons. The maximum Gasteiger partial charge on any atom is 0.0547 e. The molecule has 0 aromatic carbocycles. The van der Waals surface area contributed by atoms with Gasteiger partial charge in [-0.05, 0) is 19.4 Å². The molecule has 0 saturated heterocycles. The SMILES string of the molecule is CCNc1cncc(NCCC(C)S(C)=O)c1. The molecule has 0 aliphatic rings. The van der Waals surface area contributed by atoms with Crippen LogP contribution in [-0.2, 0) is 10.8 Å². The number of nitrogens with zero attached hydrogens (tertiary/aromatic N) is 1. The van der Waals surface area contributed by atoms with Crippen LogP contribution in [0.3, 0.4) is 0 Å². The van der Waals surface area contributed by atoms with Crippen molar-refractivity contribution >= 4 is 22.2 Å². The molecule has 1 rings (SSSR count). The van der Waals surface area contributed by atoms with Crippen LogP contribution in [-0.4, -0.2) is 33.8 Å². The van der Waals surface area contributed by atoms with Gasteiger partial charge in [-0.15, -0.1) is 0 Å². The van der Waals surface area contributed by atoms with Gasteiger partial charge in [0.15, 0.2) is 0 Å². The summed E-state index contributed by atoms with van der Waals surface area (Å²) in [5.74, 6) is 0. The van der Waals surface area contributed by atoms with Crippen LogP contribution >= 0.6 is 0 Å². The molecule has 1 heterocycles. The molecule has 0 spiro atoms. The van der Waals surface area contributed by atoms with Gasteiger partial charge in [0.05, 0.1) is 23.8 Å². The monoisotopic (exact) mass is 255 g/mol. The minimum absolute atomic E-state index is 0.229. The van der Waals surface area contributed by atoms with Crippen molar-refractivity contribution in [2.75, 3.05) is 30.0 Å². The van der Waals surface area contributed by atoms with Crippen molar-refractivity contribution in [2.24, 2.45) is 0 Å². The topological polar surface area (TPSA) is 54.0 Å². The van der Waals surface area contributed by atoms with E-state index in [9.17, 15) is 4.21 Å². The minimum Gasteiger partial charge on any atom is -0.384 e. The average molecular weight is 255 g/mol. The Labute approximate surface area is 106 Å². The summed E-state index contributed by atoms with van der Waals surface area (Å²) in [6, 6.07) is 2.03. The van der Waals surface area contributed by atoms with Gasteiger partial charge in [0, 0.05) is 35.4 Å². The Kier molecular flexibility index (Phi) is 5.97. The second kappa shape index (κ2) is 7.27. The number of rotatable bonds is 7. The Hall–Kier alpha value is -1.10. The second-order valence-electron chi connectivity index (χ2n) is 4.02. The molecule has 0 aliphatic heterocycles. The molecule has 1 aromatic rings. The predicted octanol–water partition coefficient (Wildman–Crippen LogP) is 2.08. The normalized spacial score (nSPS) is 14.1. The van der Waals surface area contributed by atoms with Crippen LogP contribution in [0.15, 0.2) is 18.5 Å². The van der Waals surface area contributed by atoms with Gasteiger partial charge in [0.2, 0.25) is 0 Å². The highest BCUT2D eigenvalue weighted by molar-refractivity contribution is 7.84. The Morgan fingerprint density at radius 3 is 2.59 bits per heavy atom. The van der Waals surface area contributed by atoms with Crippen LogP contribution < -0.4 is 10.6 Å². The van der Waals surface area contributed by atoms with Crippen molar-refractivity contribution in [2.45, 2.75) is 25.5 Å². The molecule has 4 nitrogen and oxygen atoms in total. The number of nitrogens with one attached hydrogen (secondary N) is 2. The number of anilines is 2. The van der Waals surface area contributed by atoms with Crippen molar-refractivity contribution in [3.8, 4) is 0 Å². The first-order chi connectivity index (χ1) is 8.13. The predicted molar refractivity (Wildman–Crippen MR) is 75.0 cm³/mol. The zero-order valence-corrected chi connectivity index (χ0v) is 11.5. The lowest BCUT2D eigenvalue weighted by atomic mass is 10.3. The van der Waals surface area contributed by atoms with Crippen molar-refractivity contribution in [3.05, 3.63) is 18.5 Å². The number of hydrogen-bond acceptors (Lipinski definition) is 4. The zero-order chi connectivity index (χ0) is 12.7. The van der Waals surface area contributed by atoms with E-state index >= 15 is 0 Å². The van der Waals surface area contributed by atoms with Crippen LogP contribution in [0.25, 0.3) is 0 Å². The number of aromatic nitrogens is 1. The molecule has 2 atom stereocenters. The zero-order valence-electron chi connectivity index (χ0n) is 10.7.